The van der Waals surface area contributed by atoms with Gasteiger partial charge in [-0.15, -0.1) is 11.3 Å². The summed E-state index contributed by atoms with van der Waals surface area (Å²) in [5, 5.41) is 5.67. The minimum absolute atomic E-state index is 0.682. The van der Waals surface area contributed by atoms with Crippen molar-refractivity contribution in [2.45, 2.75) is 26.7 Å². The van der Waals surface area contributed by atoms with E-state index in [0.29, 0.717) is 5.92 Å². The summed E-state index contributed by atoms with van der Waals surface area (Å²) < 4.78 is 0. The van der Waals surface area contributed by atoms with Crippen molar-refractivity contribution in [3.63, 3.8) is 0 Å². The Bertz CT molecular complexity index is 459. The maximum Gasteiger partial charge on any atom is 0.00485 e. The topological polar surface area (TPSA) is 12.0 Å². The minimum Gasteiger partial charge on any atom is -0.317 e. The monoisotopic (exact) mass is 273 g/mol. The number of hydrogen-bond donors (Lipinski definition) is 1. The van der Waals surface area contributed by atoms with Crippen LogP contribution in [0.1, 0.15) is 22.9 Å². The van der Waals surface area contributed by atoms with Crippen LogP contribution in [-0.4, -0.2) is 13.1 Å². The predicted octanol–water partition coefficient (Wildman–Crippen LogP) is 4.07. The summed E-state index contributed by atoms with van der Waals surface area (Å²) in [6.45, 7) is 6.47. The van der Waals surface area contributed by atoms with E-state index in [1.165, 1.54) is 22.4 Å². The molecule has 1 atom stereocenters. The lowest BCUT2D eigenvalue weighted by Gasteiger charge is -2.17. The van der Waals surface area contributed by atoms with Crippen LogP contribution < -0.4 is 5.32 Å². The SMILES string of the molecule is CCNCC(Cc1ccc(C)cc1)Cc1cccs1. The zero-order chi connectivity index (χ0) is 13.5. The summed E-state index contributed by atoms with van der Waals surface area (Å²) in [5.74, 6) is 0.682. The molecule has 2 heteroatoms. The van der Waals surface area contributed by atoms with Gasteiger partial charge in [0.1, 0.15) is 0 Å². The lowest BCUT2D eigenvalue weighted by Crippen LogP contribution is -2.25. The van der Waals surface area contributed by atoms with Crippen LogP contribution >= 0.6 is 11.3 Å². The van der Waals surface area contributed by atoms with Crippen molar-refractivity contribution in [2.75, 3.05) is 13.1 Å². The molecule has 0 radical (unpaired) electrons. The molecule has 0 aliphatic carbocycles. The van der Waals surface area contributed by atoms with Crippen molar-refractivity contribution < 1.29 is 0 Å². The van der Waals surface area contributed by atoms with E-state index in [-0.39, 0.29) is 0 Å². The molecule has 102 valence electrons. The molecule has 0 spiro atoms. The van der Waals surface area contributed by atoms with Crippen LogP contribution in [0.25, 0.3) is 0 Å². The third kappa shape index (κ3) is 4.81. The van der Waals surface area contributed by atoms with Gasteiger partial charge in [-0.2, -0.15) is 0 Å². The van der Waals surface area contributed by atoms with Crippen molar-refractivity contribution in [2.24, 2.45) is 5.92 Å². The van der Waals surface area contributed by atoms with Gasteiger partial charge in [-0.1, -0.05) is 42.8 Å². The average Bonchev–Trinajstić information content (AvgIpc) is 2.91. The first-order valence-electron chi connectivity index (χ1n) is 7.06. The van der Waals surface area contributed by atoms with Crippen molar-refractivity contribution in [3.8, 4) is 0 Å². The van der Waals surface area contributed by atoms with Crippen LogP contribution in [-0.2, 0) is 12.8 Å². The van der Waals surface area contributed by atoms with E-state index in [4.69, 9.17) is 0 Å². The van der Waals surface area contributed by atoms with E-state index in [0.717, 1.165) is 19.5 Å². The molecular weight excluding hydrogens is 250 g/mol. The zero-order valence-electron chi connectivity index (χ0n) is 11.9. The quantitative estimate of drug-likeness (QED) is 0.802. The number of rotatable bonds is 7. The number of aryl methyl sites for hydroxylation is 1. The first-order valence-corrected chi connectivity index (χ1v) is 7.94. The first kappa shape index (κ1) is 14.3. The highest BCUT2D eigenvalue weighted by molar-refractivity contribution is 7.09. The number of benzene rings is 1. The lowest BCUT2D eigenvalue weighted by molar-refractivity contribution is 0.481. The molecule has 0 fully saturated rings. The van der Waals surface area contributed by atoms with Crippen molar-refractivity contribution in [1.29, 1.82) is 0 Å². The second-order valence-corrected chi connectivity index (χ2v) is 6.18. The van der Waals surface area contributed by atoms with Crippen LogP contribution in [0.5, 0.6) is 0 Å². The fourth-order valence-electron chi connectivity index (χ4n) is 2.34. The molecule has 0 amide bonds. The van der Waals surface area contributed by atoms with E-state index in [1.807, 2.05) is 11.3 Å². The Hall–Kier alpha value is -1.12. The molecule has 1 aromatic heterocycles. The highest BCUT2D eigenvalue weighted by Gasteiger charge is 2.11. The Balaban J connectivity index is 1.98. The average molecular weight is 273 g/mol. The molecule has 19 heavy (non-hydrogen) atoms. The van der Waals surface area contributed by atoms with Crippen LogP contribution in [0.15, 0.2) is 41.8 Å². The number of thiophene rings is 1. The Kier molecular flexibility index (Phi) is 5.62. The predicted molar refractivity (Wildman–Crippen MR) is 84.9 cm³/mol. The van der Waals surface area contributed by atoms with Gasteiger partial charge in [0.25, 0.3) is 0 Å². The van der Waals surface area contributed by atoms with Gasteiger partial charge in [0, 0.05) is 4.88 Å². The summed E-state index contributed by atoms with van der Waals surface area (Å²) >= 11 is 1.87. The summed E-state index contributed by atoms with van der Waals surface area (Å²) in [4.78, 5) is 1.50. The Labute approximate surface area is 120 Å². The normalized spacial score (nSPS) is 12.5. The summed E-state index contributed by atoms with van der Waals surface area (Å²) in [6.07, 6.45) is 2.34. The van der Waals surface area contributed by atoms with Gasteiger partial charge >= 0.3 is 0 Å². The number of nitrogens with one attached hydrogen (secondary N) is 1. The van der Waals surface area contributed by atoms with Gasteiger partial charge < -0.3 is 5.32 Å². The minimum atomic E-state index is 0.682. The summed E-state index contributed by atoms with van der Waals surface area (Å²) in [6, 6.07) is 13.4. The van der Waals surface area contributed by atoms with E-state index in [9.17, 15) is 0 Å². The van der Waals surface area contributed by atoms with Gasteiger partial charge in [0.05, 0.1) is 0 Å². The Morgan fingerprint density at radius 3 is 2.53 bits per heavy atom. The largest absolute Gasteiger partial charge is 0.317 e. The van der Waals surface area contributed by atoms with Gasteiger partial charge in [0.2, 0.25) is 0 Å². The highest BCUT2D eigenvalue weighted by atomic mass is 32.1. The molecule has 1 heterocycles. The lowest BCUT2D eigenvalue weighted by atomic mass is 9.95. The fraction of sp³-hybridized carbons (Fsp3) is 0.412. The second-order valence-electron chi connectivity index (χ2n) is 5.15. The van der Waals surface area contributed by atoms with Gasteiger partial charge in [0.15, 0.2) is 0 Å². The van der Waals surface area contributed by atoms with Crippen molar-refractivity contribution in [3.05, 3.63) is 57.8 Å². The third-order valence-electron chi connectivity index (χ3n) is 3.40. The second kappa shape index (κ2) is 7.46. The van der Waals surface area contributed by atoms with Crippen LogP contribution in [0, 0.1) is 12.8 Å². The van der Waals surface area contributed by atoms with Crippen molar-refractivity contribution in [1.82, 2.24) is 5.32 Å². The number of hydrogen-bond acceptors (Lipinski definition) is 2. The zero-order valence-corrected chi connectivity index (χ0v) is 12.7. The molecule has 1 nitrogen and oxygen atoms in total. The van der Waals surface area contributed by atoms with Gasteiger partial charge in [-0.3, -0.25) is 0 Å². The Morgan fingerprint density at radius 2 is 1.89 bits per heavy atom. The first-order chi connectivity index (χ1) is 9.28. The third-order valence-corrected chi connectivity index (χ3v) is 4.30. The molecule has 1 aromatic carbocycles. The molecule has 0 aliphatic rings. The molecule has 0 saturated carbocycles. The summed E-state index contributed by atoms with van der Waals surface area (Å²) in [7, 11) is 0. The van der Waals surface area contributed by atoms with Crippen LogP contribution in [0.2, 0.25) is 0 Å². The van der Waals surface area contributed by atoms with Crippen LogP contribution in [0.4, 0.5) is 0 Å². The molecular formula is C17H23NS. The van der Waals surface area contributed by atoms with Gasteiger partial charge in [-0.05, 0) is 55.8 Å². The molecule has 1 N–H and O–H groups in total. The maximum absolute atomic E-state index is 3.50. The fourth-order valence-corrected chi connectivity index (χ4v) is 3.16. The standard InChI is InChI=1S/C17H23NS/c1-3-18-13-16(12-17-5-4-10-19-17)11-15-8-6-14(2)7-9-15/h4-10,16,18H,3,11-13H2,1-2H3. The highest BCUT2D eigenvalue weighted by Crippen LogP contribution is 2.18. The van der Waals surface area contributed by atoms with E-state index < -0.39 is 0 Å². The molecule has 0 aliphatic heterocycles. The van der Waals surface area contributed by atoms with E-state index in [1.54, 1.807) is 0 Å². The molecule has 2 aromatic rings. The van der Waals surface area contributed by atoms with E-state index in [2.05, 4.69) is 60.9 Å². The van der Waals surface area contributed by atoms with Gasteiger partial charge in [-0.25, -0.2) is 0 Å². The molecule has 0 saturated heterocycles. The molecule has 1 unspecified atom stereocenters. The van der Waals surface area contributed by atoms with Crippen LogP contribution in [0.3, 0.4) is 0 Å². The Morgan fingerprint density at radius 1 is 1.11 bits per heavy atom. The molecule has 0 bridgehead atoms. The van der Waals surface area contributed by atoms with E-state index >= 15 is 0 Å². The smallest absolute Gasteiger partial charge is 0.00485 e. The summed E-state index contributed by atoms with van der Waals surface area (Å²) in [5.41, 5.74) is 2.79. The maximum atomic E-state index is 3.50. The van der Waals surface area contributed by atoms with Crippen molar-refractivity contribution >= 4 is 11.3 Å². The molecule has 2 rings (SSSR count).